The molecule has 178 valence electrons. The maximum absolute atomic E-state index is 14.2. The number of rotatable bonds is 4. The van der Waals surface area contributed by atoms with Gasteiger partial charge in [0.2, 0.25) is 0 Å². The number of carbonyl (C=O) groups excluding carboxylic acids is 2. The number of hydrogen-bond donors (Lipinski definition) is 4. The van der Waals surface area contributed by atoms with Gasteiger partial charge in [0.05, 0.1) is 22.7 Å². The van der Waals surface area contributed by atoms with Gasteiger partial charge >= 0.3 is 0 Å². The molecule has 5 rings (SSSR count). The molecule has 0 spiro atoms. The minimum absolute atomic E-state index is 0.0602. The highest BCUT2D eigenvalue weighted by Gasteiger charge is 2.36. The van der Waals surface area contributed by atoms with E-state index in [1.54, 1.807) is 32.2 Å². The second-order valence-electron chi connectivity index (χ2n) is 8.97. The highest BCUT2D eigenvalue weighted by atomic mass is 35.5. The zero-order valence-electron chi connectivity index (χ0n) is 18.7. The Balaban J connectivity index is 1.68. The smallest absolute Gasteiger partial charge is 0.257 e. The third-order valence-corrected chi connectivity index (χ3v) is 6.43. The van der Waals surface area contributed by atoms with Crippen LogP contribution in [0.25, 0.3) is 10.9 Å². The van der Waals surface area contributed by atoms with Gasteiger partial charge in [-0.05, 0) is 67.9 Å². The third kappa shape index (κ3) is 4.05. The molecule has 1 aromatic heterocycles. The summed E-state index contributed by atoms with van der Waals surface area (Å²) in [4.78, 5) is 29.2. The van der Waals surface area contributed by atoms with Gasteiger partial charge in [-0.25, -0.2) is 8.78 Å². The maximum atomic E-state index is 14.2. The number of carbonyl (C=O) groups is 2. The average Bonchev–Trinajstić information content (AvgIpc) is 3.38. The summed E-state index contributed by atoms with van der Waals surface area (Å²) in [6.07, 6.45) is 1.60. The first-order chi connectivity index (χ1) is 16.5. The van der Waals surface area contributed by atoms with Crippen molar-refractivity contribution < 1.29 is 23.5 Å². The van der Waals surface area contributed by atoms with Gasteiger partial charge in [0.25, 0.3) is 11.8 Å². The number of halogens is 3. The number of nitrogens with one attached hydrogen (secondary N) is 3. The molecule has 2 heterocycles. The number of fused-ring (bicyclic) bond motifs is 2. The van der Waals surface area contributed by atoms with Crippen LogP contribution in [0.1, 0.15) is 57.3 Å². The molecule has 0 saturated carbocycles. The van der Waals surface area contributed by atoms with Crippen LogP contribution in [-0.4, -0.2) is 21.9 Å². The fourth-order valence-corrected chi connectivity index (χ4v) is 4.59. The van der Waals surface area contributed by atoms with Crippen LogP contribution >= 0.6 is 11.6 Å². The quantitative estimate of drug-likeness (QED) is 0.305. The molecule has 1 unspecified atom stereocenters. The van der Waals surface area contributed by atoms with Crippen molar-refractivity contribution in [1.82, 2.24) is 10.3 Å². The van der Waals surface area contributed by atoms with Gasteiger partial charge in [-0.1, -0.05) is 11.6 Å². The van der Waals surface area contributed by atoms with Crippen molar-refractivity contribution >= 4 is 40.0 Å². The molecule has 4 N–H and O–H groups in total. The molecule has 35 heavy (non-hydrogen) atoms. The van der Waals surface area contributed by atoms with Gasteiger partial charge in [-0.15, -0.1) is 0 Å². The number of aromatic nitrogens is 1. The zero-order chi connectivity index (χ0) is 25.1. The highest BCUT2D eigenvalue weighted by molar-refractivity contribution is 6.31. The highest BCUT2D eigenvalue weighted by Crippen LogP contribution is 2.41. The molecule has 0 radical (unpaired) electrons. The zero-order valence-corrected chi connectivity index (χ0v) is 19.4. The molecule has 9 heteroatoms. The Morgan fingerprint density at radius 3 is 2.60 bits per heavy atom. The molecule has 1 aliphatic heterocycles. The molecular weight excluding hydrogens is 476 g/mol. The van der Waals surface area contributed by atoms with Crippen LogP contribution in [0.2, 0.25) is 5.02 Å². The number of anilines is 1. The van der Waals surface area contributed by atoms with Crippen LogP contribution < -0.4 is 10.6 Å². The molecule has 1 atom stereocenters. The van der Waals surface area contributed by atoms with Gasteiger partial charge < -0.3 is 20.7 Å². The number of hydrogen-bond acceptors (Lipinski definition) is 3. The molecule has 0 saturated heterocycles. The van der Waals surface area contributed by atoms with Crippen LogP contribution in [-0.2, 0) is 5.60 Å². The van der Waals surface area contributed by atoms with Crippen LogP contribution in [0.4, 0.5) is 14.5 Å². The van der Waals surface area contributed by atoms with E-state index in [2.05, 4.69) is 15.6 Å². The van der Waals surface area contributed by atoms with E-state index >= 15 is 0 Å². The van der Waals surface area contributed by atoms with Crippen LogP contribution in [0.15, 0.2) is 54.7 Å². The van der Waals surface area contributed by atoms with Crippen molar-refractivity contribution in [2.45, 2.75) is 25.5 Å². The van der Waals surface area contributed by atoms with Gasteiger partial charge in [-0.2, -0.15) is 0 Å². The minimum atomic E-state index is -1.34. The summed E-state index contributed by atoms with van der Waals surface area (Å²) in [5.41, 5.74) is 0.618. The van der Waals surface area contributed by atoms with E-state index in [9.17, 15) is 23.5 Å². The van der Waals surface area contributed by atoms with E-state index < -0.39 is 35.1 Å². The van der Waals surface area contributed by atoms with Crippen LogP contribution in [0.3, 0.4) is 0 Å². The molecule has 0 aliphatic carbocycles. The lowest BCUT2D eigenvalue weighted by molar-refractivity contribution is 0.0784. The predicted octanol–water partition coefficient (Wildman–Crippen LogP) is 5.41. The van der Waals surface area contributed by atoms with E-state index in [-0.39, 0.29) is 21.8 Å². The summed E-state index contributed by atoms with van der Waals surface area (Å²) in [6.45, 7) is 3.09. The summed E-state index contributed by atoms with van der Waals surface area (Å²) < 4.78 is 28.3. The number of H-pyrrole nitrogens is 1. The van der Waals surface area contributed by atoms with Crippen molar-refractivity contribution in [2.24, 2.45) is 0 Å². The lowest BCUT2D eigenvalue weighted by Crippen LogP contribution is -2.21. The van der Waals surface area contributed by atoms with E-state index in [0.717, 1.165) is 6.07 Å². The number of aliphatic hydroxyl groups is 1. The summed E-state index contributed by atoms with van der Waals surface area (Å²) in [6, 6.07) is 10.1. The first-order valence-corrected chi connectivity index (χ1v) is 11.2. The number of amides is 2. The van der Waals surface area contributed by atoms with Crippen LogP contribution in [0.5, 0.6) is 0 Å². The van der Waals surface area contributed by atoms with Gasteiger partial charge in [-0.3, -0.25) is 9.59 Å². The van der Waals surface area contributed by atoms with E-state index in [1.807, 2.05) is 0 Å². The summed E-state index contributed by atoms with van der Waals surface area (Å²) in [5, 5.41) is 16.9. The molecular formula is C26H20ClF2N3O3. The molecule has 0 bridgehead atoms. The summed E-state index contributed by atoms with van der Waals surface area (Å²) >= 11 is 6.33. The Hall–Kier alpha value is -3.75. The predicted molar refractivity (Wildman–Crippen MR) is 129 cm³/mol. The van der Waals surface area contributed by atoms with Crippen molar-refractivity contribution in [3.8, 4) is 0 Å². The fraction of sp³-hybridized carbons (Fsp3) is 0.154. The summed E-state index contributed by atoms with van der Waals surface area (Å²) in [7, 11) is 0. The second kappa shape index (κ2) is 8.18. The molecule has 4 aromatic rings. The SMILES string of the molecule is CC(C)(O)c1cc(NC(=O)c2cc(F)cc3cc[nH]c23)c2c(c1)C(=O)NC2c1cc(F)ccc1Cl. The third-order valence-electron chi connectivity index (χ3n) is 6.08. The van der Waals surface area contributed by atoms with E-state index in [1.165, 1.54) is 30.3 Å². The van der Waals surface area contributed by atoms with Gasteiger partial charge in [0, 0.05) is 39.0 Å². The second-order valence-corrected chi connectivity index (χ2v) is 9.37. The topological polar surface area (TPSA) is 94.2 Å². The average molecular weight is 496 g/mol. The Kier molecular flexibility index (Phi) is 5.38. The van der Waals surface area contributed by atoms with Gasteiger partial charge in [0.1, 0.15) is 11.6 Å². The van der Waals surface area contributed by atoms with Crippen molar-refractivity contribution in [2.75, 3.05) is 5.32 Å². The van der Waals surface area contributed by atoms with Crippen molar-refractivity contribution in [3.63, 3.8) is 0 Å². The lowest BCUT2D eigenvalue weighted by atomic mass is 9.90. The van der Waals surface area contributed by atoms with E-state index in [0.29, 0.717) is 27.6 Å². The maximum Gasteiger partial charge on any atom is 0.257 e. The Morgan fingerprint density at radius 2 is 1.86 bits per heavy atom. The van der Waals surface area contributed by atoms with E-state index in [4.69, 9.17) is 11.6 Å². The fourth-order valence-electron chi connectivity index (χ4n) is 4.36. The largest absolute Gasteiger partial charge is 0.386 e. The first-order valence-electron chi connectivity index (χ1n) is 10.8. The normalized spacial score (nSPS) is 15.3. The number of benzene rings is 3. The molecule has 0 fully saturated rings. The summed E-state index contributed by atoms with van der Waals surface area (Å²) in [5.74, 6) is -2.22. The molecule has 6 nitrogen and oxygen atoms in total. The van der Waals surface area contributed by atoms with Crippen molar-refractivity contribution in [3.05, 3.63) is 99.2 Å². The molecule has 1 aliphatic rings. The Labute approximate surface area is 203 Å². The molecule has 3 aromatic carbocycles. The Bertz CT molecular complexity index is 1520. The standard InChI is InChI=1S/C26H20ClF2N3O3/c1-26(2,35)13-8-17-21(23(32-24(17)33)16-10-14(28)3-4-19(16)27)20(9-13)31-25(34)18-11-15(29)7-12-5-6-30-22(12)18/h3-11,23,30,35H,1-2H3,(H,31,34)(H,32,33). The van der Waals surface area contributed by atoms with Crippen molar-refractivity contribution in [1.29, 1.82) is 0 Å². The molecule has 2 amide bonds. The Morgan fingerprint density at radius 1 is 1.09 bits per heavy atom. The first kappa shape index (κ1) is 23.0. The minimum Gasteiger partial charge on any atom is -0.386 e. The monoisotopic (exact) mass is 495 g/mol. The van der Waals surface area contributed by atoms with Gasteiger partial charge in [0.15, 0.2) is 0 Å². The number of aromatic amines is 1. The van der Waals surface area contributed by atoms with Crippen LogP contribution in [0, 0.1) is 11.6 Å². The lowest BCUT2D eigenvalue weighted by Gasteiger charge is -2.23.